The van der Waals surface area contributed by atoms with E-state index in [1.165, 1.54) is 20.8 Å². The van der Waals surface area contributed by atoms with Crippen molar-refractivity contribution in [1.29, 1.82) is 0 Å². The lowest BCUT2D eigenvalue weighted by atomic mass is 9.82. The van der Waals surface area contributed by atoms with E-state index >= 15 is 0 Å². The normalized spacial score (nSPS) is 23.8. The number of benzene rings is 4. The van der Waals surface area contributed by atoms with Crippen LogP contribution in [0, 0.1) is 0 Å². The van der Waals surface area contributed by atoms with Crippen LogP contribution in [0.25, 0.3) is 32.8 Å². The zero-order chi connectivity index (χ0) is 92.4. The summed E-state index contributed by atoms with van der Waals surface area (Å²) < 4.78 is 102. The number of carbonyl (C=O) groups is 8. The summed E-state index contributed by atoms with van der Waals surface area (Å²) in [6.45, 7) is 0.0574. The number of hydrogen-bond acceptors (Lipinski definition) is 35. The van der Waals surface area contributed by atoms with E-state index in [2.05, 4.69) is 52.8 Å². The van der Waals surface area contributed by atoms with E-state index in [9.17, 15) is 103 Å². The van der Waals surface area contributed by atoms with Crippen molar-refractivity contribution < 1.29 is 165 Å². The minimum Gasteiger partial charge on any atom is -0.755 e. The van der Waals surface area contributed by atoms with Gasteiger partial charge in [-0.15, -0.1) is 0 Å². The highest BCUT2D eigenvalue weighted by Gasteiger charge is 2.50. The van der Waals surface area contributed by atoms with E-state index in [1.54, 1.807) is 79.0 Å². The van der Waals surface area contributed by atoms with Gasteiger partial charge in [0.1, 0.15) is 78.6 Å². The third kappa shape index (κ3) is 29.3. The van der Waals surface area contributed by atoms with Crippen molar-refractivity contribution >= 4 is 103 Å². The number of H-pyrrole nitrogens is 1. The lowest BCUT2D eigenvalue weighted by Gasteiger charge is -2.42. The van der Waals surface area contributed by atoms with Gasteiger partial charge < -0.3 is 175 Å². The number of aromatic amines is 1. The van der Waals surface area contributed by atoms with Crippen molar-refractivity contribution in [3.8, 4) is 11.1 Å². The molecule has 8 amide bonds. The number of nitrogens with zero attached hydrogens (tertiary/aromatic N) is 1. The van der Waals surface area contributed by atoms with E-state index in [-0.39, 0.29) is 149 Å². The van der Waals surface area contributed by atoms with Crippen LogP contribution in [0.1, 0.15) is 63.2 Å². The first-order chi connectivity index (χ1) is 61.6. The molecule has 5 heterocycles. The molecular weight excluding hydrogens is 1720 g/mol. The Hall–Kier alpha value is -8.81. The van der Waals surface area contributed by atoms with E-state index in [1.807, 2.05) is 0 Å². The highest BCUT2D eigenvalue weighted by Crippen LogP contribution is 2.46. The van der Waals surface area contributed by atoms with Gasteiger partial charge in [0.15, 0.2) is 18.9 Å². The fraction of sp³-hybridized carbons (Fsp3) is 0.610. The number of ether oxygens (including phenoxy) is 13. The molecule has 18 atom stereocenters. The number of amides is 8. The minimum absolute atomic E-state index is 0.00775. The van der Waals surface area contributed by atoms with Crippen LogP contribution in [0.2, 0.25) is 0 Å². The standard InChI is InChI=1S/C82H119N11O34S/c1-46(97)88-69-75(109)72(106)58(42-94)125-79(69)122-38-35-118-32-29-115-26-22-84-63(102)17-15-61(100)82(45-121-25-20-65(104)86-24-28-117-31-34-120-37-40-124-81-71(90-48(3)99)77(111)74(108)60(44-96)127-81,62(101)16-18-64(103)85-23-27-116-30-33-119-36-39-123-80-70(89-47(2)98)76(110)73(107)59(43-95)126-80)92-66(105)41-87-50-9-7-49(8-10-50)67-51-19-21-83-54(51)11-14-57(67)93(128(113)114)56-13-12-55-68-52(56)5-4-6-53(68)78(112)91-55/h4-14,19,21,58-62,69-77,79-81,83,87,94-96,100-101,106-111H,15-18,20,22-45H2,1-3H3,(H,84,102)(H,85,103)(H,86,104)(H,88,97)(H,89,98)(H,90,99)(H,91,112)(H,92,105)(H,113,114)/p-1/t58-,59-,60-,61?,62?,69-,70-,71-,72+,73+,74+,75-,76-,77-,79-,80-,81?,82?/m1/s1. The summed E-state index contributed by atoms with van der Waals surface area (Å²) in [7, 11) is 0. The first-order valence-electron chi connectivity index (χ1n) is 41.9. The topological polar surface area (TPSA) is 647 Å². The number of anilines is 4. The van der Waals surface area contributed by atoms with Crippen LogP contribution in [0.5, 0.6) is 0 Å². The molecule has 3 fully saturated rings. The van der Waals surface area contributed by atoms with Crippen molar-refractivity contribution in [3.05, 3.63) is 84.6 Å². The monoisotopic (exact) mass is 1830 g/mol. The molecule has 128 heavy (non-hydrogen) atoms. The molecule has 9 rings (SSSR count). The number of nitrogens with one attached hydrogen (secondary N) is 10. The molecule has 4 aliphatic heterocycles. The second-order valence-corrected chi connectivity index (χ2v) is 31.1. The van der Waals surface area contributed by atoms with Crippen LogP contribution in [-0.2, 0) is 106 Å². The first kappa shape index (κ1) is 103. The Labute approximate surface area is 738 Å². The average Bonchev–Trinajstić information content (AvgIpc) is 1.57. The molecule has 4 aliphatic rings. The molecule has 46 heteroatoms. The molecule has 712 valence electrons. The predicted molar refractivity (Wildman–Crippen MR) is 450 cm³/mol. The van der Waals surface area contributed by atoms with Gasteiger partial charge >= 0.3 is 0 Å². The van der Waals surface area contributed by atoms with Crippen molar-refractivity contribution in [2.45, 2.75) is 163 Å². The van der Waals surface area contributed by atoms with Crippen LogP contribution in [0.15, 0.2) is 79.0 Å². The zero-order valence-corrected chi connectivity index (χ0v) is 71.8. The maximum absolute atomic E-state index is 14.7. The summed E-state index contributed by atoms with van der Waals surface area (Å²) in [4.78, 5) is 107. The SMILES string of the molecule is CC(=O)N[C@H]1[C@H](OCCOCCOCCNC(=O)CCC(O)C(COCCC(=O)NCCOCCOCCOC2O[C@H](CO)[C@H](O)[C@H](O)[C@H]2NC(C)=O)(NC(=O)CNc2ccc(-c3c(N(c4ccc5c6c(cccc46)C(=O)N5)S(=O)[O-])ccc4[nH]ccc34)cc2)C(O)CCC(=O)NCCOCCOCCO[C@@H]2O[C@H](CO)[C@H](O)[C@H](O)[C@H]2NC(C)=O)O[C@H](CO)[C@H](O)[C@@H]1O. The number of aromatic nitrogens is 1. The number of rotatable bonds is 57. The largest absolute Gasteiger partial charge is 0.755 e. The molecule has 0 saturated carbocycles. The molecule has 0 radical (unpaired) electrons. The summed E-state index contributed by atoms with van der Waals surface area (Å²) in [5.74, 6) is -4.50. The molecule has 4 aromatic carbocycles. The summed E-state index contributed by atoms with van der Waals surface area (Å²) in [6, 6.07) is 16.7. The average molecular weight is 1830 g/mol. The number of fused-ring (bicyclic) bond motifs is 1. The summed E-state index contributed by atoms with van der Waals surface area (Å²) in [5, 5.41) is 142. The van der Waals surface area contributed by atoms with E-state index < -0.39 is 221 Å². The van der Waals surface area contributed by atoms with Crippen molar-refractivity contribution in [2.24, 2.45) is 0 Å². The third-order valence-corrected chi connectivity index (χ3v) is 21.9. The fourth-order valence-corrected chi connectivity index (χ4v) is 15.4. The van der Waals surface area contributed by atoms with Gasteiger partial charge in [0.05, 0.1) is 174 Å². The van der Waals surface area contributed by atoms with Gasteiger partial charge in [0.2, 0.25) is 41.4 Å². The smallest absolute Gasteiger partial charge is 0.256 e. The highest BCUT2D eigenvalue weighted by molar-refractivity contribution is 7.81. The Kier molecular flexibility index (Phi) is 42.0. The third-order valence-electron chi connectivity index (χ3n) is 21.2. The van der Waals surface area contributed by atoms with E-state index in [4.69, 9.17) is 61.6 Å². The zero-order valence-electron chi connectivity index (χ0n) is 71.0. The van der Waals surface area contributed by atoms with Crippen molar-refractivity contribution in [2.75, 3.05) is 173 Å². The maximum Gasteiger partial charge on any atom is 0.256 e. The lowest BCUT2D eigenvalue weighted by Crippen LogP contribution is -2.67. The number of aliphatic hydroxyl groups excluding tert-OH is 11. The Morgan fingerprint density at radius 2 is 0.930 bits per heavy atom. The van der Waals surface area contributed by atoms with Crippen molar-refractivity contribution in [1.82, 2.24) is 42.2 Å². The second kappa shape index (κ2) is 52.3. The molecule has 5 aromatic rings. The lowest BCUT2D eigenvalue weighted by molar-refractivity contribution is -0.272. The van der Waals surface area contributed by atoms with Crippen LogP contribution in [0.4, 0.5) is 22.7 Å². The number of carbonyl (C=O) groups excluding carboxylic acids is 8. The molecule has 21 N–H and O–H groups in total. The Bertz CT molecular complexity index is 4300. The highest BCUT2D eigenvalue weighted by atomic mass is 32.2. The van der Waals surface area contributed by atoms with Gasteiger partial charge in [-0.2, -0.15) is 0 Å². The fourth-order valence-electron chi connectivity index (χ4n) is 14.8. The number of aliphatic hydroxyl groups is 11. The van der Waals surface area contributed by atoms with Gasteiger partial charge in [-0.3, -0.25) is 46.9 Å². The second-order valence-electron chi connectivity index (χ2n) is 30.3. The first-order valence-corrected chi connectivity index (χ1v) is 42.9. The number of hydrogen-bond donors (Lipinski definition) is 21. The summed E-state index contributed by atoms with van der Waals surface area (Å²) in [5.41, 5.74) is 1.25. The summed E-state index contributed by atoms with van der Waals surface area (Å²) >= 11 is -2.93. The molecule has 0 aliphatic carbocycles. The van der Waals surface area contributed by atoms with Gasteiger partial charge in [-0.1, -0.05) is 24.3 Å². The Morgan fingerprint density at radius 1 is 0.500 bits per heavy atom. The van der Waals surface area contributed by atoms with Crippen LogP contribution in [-0.4, -0.2) is 385 Å². The van der Waals surface area contributed by atoms with Gasteiger partial charge in [-0.05, 0) is 66.9 Å². The van der Waals surface area contributed by atoms with E-state index in [0.717, 1.165) is 4.31 Å². The minimum atomic E-state index is -2.93. The molecule has 1 aromatic heterocycles. The molecule has 0 bridgehead atoms. The van der Waals surface area contributed by atoms with Crippen molar-refractivity contribution in [3.63, 3.8) is 0 Å². The van der Waals surface area contributed by atoms with Crippen LogP contribution in [0.3, 0.4) is 0 Å². The predicted octanol–water partition coefficient (Wildman–Crippen LogP) is -5.23. The van der Waals surface area contributed by atoms with E-state index in [0.29, 0.717) is 49.7 Å². The Balaban J connectivity index is 0.833. The molecule has 45 nitrogen and oxygen atoms in total. The molecular formula is C82H118N11O34S-. The van der Waals surface area contributed by atoms with Gasteiger partial charge in [-0.25, -0.2) is 0 Å². The quantitative estimate of drug-likeness (QED) is 0.0128. The molecule has 0 spiro atoms. The Morgan fingerprint density at radius 3 is 1.37 bits per heavy atom. The summed E-state index contributed by atoms with van der Waals surface area (Å²) in [6.07, 6.45) is -20.3. The van der Waals surface area contributed by atoms with Gasteiger partial charge in [0.25, 0.3) is 5.91 Å². The maximum atomic E-state index is 14.7. The van der Waals surface area contributed by atoms with Crippen LogP contribution < -0.4 is 52.2 Å². The molecule has 3 saturated heterocycles. The molecule has 4 unspecified atom stereocenters. The van der Waals surface area contributed by atoms with Gasteiger partial charge in [0, 0.05) is 110 Å². The van der Waals surface area contributed by atoms with Crippen LogP contribution >= 0.6 is 0 Å².